The van der Waals surface area contributed by atoms with E-state index in [-0.39, 0.29) is 18.1 Å². The quantitative estimate of drug-likeness (QED) is 0.691. The zero-order valence-corrected chi connectivity index (χ0v) is 16.9. The Kier molecular flexibility index (Phi) is 6.91. The monoisotopic (exact) mass is 390 g/mol. The lowest BCUT2D eigenvalue weighted by Gasteiger charge is -2.19. The van der Waals surface area contributed by atoms with Crippen LogP contribution in [0.2, 0.25) is 0 Å². The van der Waals surface area contributed by atoms with Crippen molar-refractivity contribution in [2.45, 2.75) is 44.8 Å². The van der Waals surface area contributed by atoms with Crippen LogP contribution in [0.25, 0.3) is 6.08 Å². The predicted octanol–water partition coefficient (Wildman–Crippen LogP) is 4.78. The van der Waals surface area contributed by atoms with Gasteiger partial charge in [0.1, 0.15) is 0 Å². The molecule has 0 aliphatic heterocycles. The van der Waals surface area contributed by atoms with Crippen molar-refractivity contribution in [2.75, 3.05) is 7.11 Å². The fraction of sp³-hybridized carbons (Fsp3) is 0.333. The molecule has 5 nitrogen and oxygen atoms in total. The first-order chi connectivity index (χ1) is 14.1. The molecule has 0 bridgehead atoms. The third-order valence-corrected chi connectivity index (χ3v) is 5.14. The molecule has 1 fully saturated rings. The van der Waals surface area contributed by atoms with E-state index in [1.54, 1.807) is 31.4 Å². The van der Waals surface area contributed by atoms with Gasteiger partial charge in [-0.1, -0.05) is 24.3 Å². The number of nitrogens with zero attached hydrogens (tertiary/aromatic N) is 1. The average molecular weight is 390 g/mol. The second-order valence-corrected chi connectivity index (χ2v) is 7.20. The average Bonchev–Trinajstić information content (AvgIpc) is 3.25. The summed E-state index contributed by atoms with van der Waals surface area (Å²) in [6.07, 6.45) is 7.94. The van der Waals surface area contributed by atoms with Crippen LogP contribution in [0.15, 0.2) is 48.5 Å². The Labute approximate surface area is 172 Å². The summed E-state index contributed by atoms with van der Waals surface area (Å²) in [6.45, 7) is 1.92. The molecule has 150 valence electrons. The molecule has 5 heteroatoms. The van der Waals surface area contributed by atoms with Crippen molar-refractivity contribution in [1.82, 2.24) is 5.32 Å². The molecule has 0 aromatic heterocycles. The molecule has 0 spiro atoms. The summed E-state index contributed by atoms with van der Waals surface area (Å²) in [5.41, 5.74) is 2.18. The van der Waals surface area contributed by atoms with Crippen molar-refractivity contribution in [3.63, 3.8) is 0 Å². The third-order valence-electron chi connectivity index (χ3n) is 5.14. The van der Waals surface area contributed by atoms with Gasteiger partial charge in [-0.2, -0.15) is 5.26 Å². The molecule has 1 aliphatic rings. The number of ether oxygens (including phenoxy) is 2. The summed E-state index contributed by atoms with van der Waals surface area (Å²) in [6, 6.07) is 14.9. The highest BCUT2D eigenvalue weighted by Crippen LogP contribution is 2.33. The van der Waals surface area contributed by atoms with E-state index in [9.17, 15) is 4.79 Å². The van der Waals surface area contributed by atoms with Gasteiger partial charge in [-0.25, -0.2) is 0 Å². The molecule has 2 aromatic rings. The van der Waals surface area contributed by atoms with Gasteiger partial charge >= 0.3 is 0 Å². The number of carbonyl (C=O) groups excluding carboxylic acids is 1. The Balaban J connectivity index is 1.65. The molecule has 0 radical (unpaired) electrons. The molecule has 3 rings (SSSR count). The van der Waals surface area contributed by atoms with E-state index in [2.05, 4.69) is 11.4 Å². The number of hydrogen-bond acceptors (Lipinski definition) is 4. The summed E-state index contributed by atoms with van der Waals surface area (Å²) < 4.78 is 11.6. The van der Waals surface area contributed by atoms with Crippen LogP contribution in [0, 0.1) is 11.3 Å². The zero-order chi connectivity index (χ0) is 20.6. The number of nitriles is 1. The molecule has 1 atom stereocenters. The van der Waals surface area contributed by atoms with Crippen LogP contribution >= 0.6 is 0 Å². The molecule has 0 heterocycles. The van der Waals surface area contributed by atoms with Gasteiger partial charge < -0.3 is 14.8 Å². The second-order valence-electron chi connectivity index (χ2n) is 7.20. The second kappa shape index (κ2) is 9.79. The van der Waals surface area contributed by atoms with Gasteiger partial charge in [-0.05, 0) is 68.0 Å². The molecule has 1 aliphatic carbocycles. The summed E-state index contributed by atoms with van der Waals surface area (Å²) >= 11 is 0. The number of hydrogen-bond donors (Lipinski definition) is 1. The Hall–Kier alpha value is -3.26. The van der Waals surface area contributed by atoms with Crippen LogP contribution in [0.3, 0.4) is 0 Å². The van der Waals surface area contributed by atoms with Gasteiger partial charge in [0.25, 0.3) is 0 Å². The number of rotatable bonds is 7. The van der Waals surface area contributed by atoms with E-state index in [1.807, 2.05) is 31.2 Å². The van der Waals surface area contributed by atoms with E-state index < -0.39 is 0 Å². The lowest BCUT2D eigenvalue weighted by Crippen LogP contribution is -2.24. The van der Waals surface area contributed by atoms with E-state index in [4.69, 9.17) is 14.7 Å². The highest BCUT2D eigenvalue weighted by atomic mass is 16.5. The predicted molar refractivity (Wildman–Crippen MR) is 113 cm³/mol. The highest BCUT2D eigenvalue weighted by molar-refractivity contribution is 5.92. The Morgan fingerprint density at radius 3 is 2.69 bits per heavy atom. The molecule has 1 unspecified atom stereocenters. The maximum Gasteiger partial charge on any atom is 0.244 e. The van der Waals surface area contributed by atoms with E-state index in [0.29, 0.717) is 16.9 Å². The Bertz CT molecular complexity index is 924. The standard InChI is InChI=1S/C24H26N2O3/c1-17(26-24(27)14-12-18-7-3-4-8-20(18)16-25)19-11-13-22(23(15-19)28-2)29-21-9-5-6-10-21/h3-4,7-8,11-15,17,21H,5-6,9-10H2,1-2H3,(H,26,27)/b14-12+. The summed E-state index contributed by atoms with van der Waals surface area (Å²) in [5.74, 6) is 1.19. The number of amides is 1. The first-order valence-electron chi connectivity index (χ1n) is 9.93. The normalized spacial score (nSPS) is 15.1. The maximum absolute atomic E-state index is 12.3. The SMILES string of the molecule is COc1cc(C(C)NC(=O)/C=C/c2ccccc2C#N)ccc1OC1CCCC1. The van der Waals surface area contributed by atoms with Crippen LogP contribution in [0.1, 0.15) is 55.3 Å². The lowest BCUT2D eigenvalue weighted by atomic mass is 10.1. The van der Waals surface area contributed by atoms with Crippen LogP contribution in [0.4, 0.5) is 0 Å². The van der Waals surface area contributed by atoms with Crippen molar-refractivity contribution < 1.29 is 14.3 Å². The Morgan fingerprint density at radius 2 is 1.97 bits per heavy atom. The third kappa shape index (κ3) is 5.39. The summed E-state index contributed by atoms with van der Waals surface area (Å²) in [4.78, 5) is 12.3. The minimum Gasteiger partial charge on any atom is -0.493 e. The molecular weight excluding hydrogens is 364 g/mol. The summed E-state index contributed by atoms with van der Waals surface area (Å²) in [7, 11) is 1.62. The zero-order valence-electron chi connectivity index (χ0n) is 16.9. The van der Waals surface area contributed by atoms with Crippen LogP contribution in [-0.4, -0.2) is 19.1 Å². The molecule has 0 saturated heterocycles. The van der Waals surface area contributed by atoms with Crippen molar-refractivity contribution in [3.05, 3.63) is 65.2 Å². The minimum atomic E-state index is -0.226. The van der Waals surface area contributed by atoms with Crippen molar-refractivity contribution >= 4 is 12.0 Å². The van der Waals surface area contributed by atoms with Gasteiger partial charge in [0.15, 0.2) is 11.5 Å². The van der Waals surface area contributed by atoms with Crippen LogP contribution in [-0.2, 0) is 4.79 Å². The highest BCUT2D eigenvalue weighted by Gasteiger charge is 2.19. The molecule has 1 amide bonds. The molecule has 29 heavy (non-hydrogen) atoms. The first kappa shape index (κ1) is 20.5. The van der Waals surface area contributed by atoms with E-state index in [0.717, 1.165) is 24.2 Å². The molecule has 1 saturated carbocycles. The molecular formula is C24H26N2O3. The van der Waals surface area contributed by atoms with Crippen molar-refractivity contribution in [3.8, 4) is 17.6 Å². The van der Waals surface area contributed by atoms with Crippen molar-refractivity contribution in [2.24, 2.45) is 0 Å². The Morgan fingerprint density at radius 1 is 1.21 bits per heavy atom. The smallest absolute Gasteiger partial charge is 0.244 e. The minimum absolute atomic E-state index is 0.201. The number of methoxy groups -OCH3 is 1. The van der Waals surface area contributed by atoms with E-state index >= 15 is 0 Å². The van der Waals surface area contributed by atoms with Gasteiger partial charge in [-0.15, -0.1) is 0 Å². The number of nitrogens with one attached hydrogen (secondary N) is 1. The van der Waals surface area contributed by atoms with Crippen LogP contribution < -0.4 is 14.8 Å². The topological polar surface area (TPSA) is 71.3 Å². The number of benzene rings is 2. The lowest BCUT2D eigenvalue weighted by molar-refractivity contribution is -0.117. The molecule has 1 N–H and O–H groups in total. The summed E-state index contributed by atoms with van der Waals surface area (Å²) in [5, 5.41) is 12.1. The van der Waals surface area contributed by atoms with Crippen LogP contribution in [0.5, 0.6) is 11.5 Å². The van der Waals surface area contributed by atoms with Crippen molar-refractivity contribution in [1.29, 1.82) is 5.26 Å². The maximum atomic E-state index is 12.3. The fourth-order valence-electron chi connectivity index (χ4n) is 3.49. The number of carbonyl (C=O) groups is 1. The fourth-order valence-corrected chi connectivity index (χ4v) is 3.49. The van der Waals surface area contributed by atoms with Gasteiger partial charge in [0, 0.05) is 6.08 Å². The van der Waals surface area contributed by atoms with E-state index in [1.165, 1.54) is 18.9 Å². The molecule has 2 aromatic carbocycles. The largest absolute Gasteiger partial charge is 0.493 e. The van der Waals surface area contributed by atoms with Gasteiger partial charge in [0.2, 0.25) is 5.91 Å². The first-order valence-corrected chi connectivity index (χ1v) is 9.93. The van der Waals surface area contributed by atoms with Gasteiger partial charge in [-0.3, -0.25) is 4.79 Å². The van der Waals surface area contributed by atoms with Gasteiger partial charge in [0.05, 0.1) is 30.9 Å².